The largest absolute Gasteiger partial charge is 0.316 e. The number of rotatable bonds is 4. The molecule has 5 nitrogen and oxygen atoms in total. The summed E-state index contributed by atoms with van der Waals surface area (Å²) in [5.41, 5.74) is 3.04. The summed E-state index contributed by atoms with van der Waals surface area (Å²) in [6.45, 7) is 2.29. The van der Waals surface area contributed by atoms with Crippen molar-refractivity contribution in [3.63, 3.8) is 0 Å². The number of benzene rings is 2. The van der Waals surface area contributed by atoms with Gasteiger partial charge in [-0.1, -0.05) is 46.3 Å². The number of aromatic nitrogens is 2. The normalized spacial score (nSPS) is 17.1. The van der Waals surface area contributed by atoms with Gasteiger partial charge in [-0.05, 0) is 36.7 Å². The summed E-state index contributed by atoms with van der Waals surface area (Å²) in [5.74, 6) is 0.652. The van der Waals surface area contributed by atoms with Crippen LogP contribution in [0.15, 0.2) is 53.0 Å². The van der Waals surface area contributed by atoms with Gasteiger partial charge in [0.25, 0.3) is 0 Å². The number of halogens is 1. The number of imidazole rings is 1. The first-order valence-corrected chi connectivity index (χ1v) is 9.21. The molecule has 1 amide bonds. The predicted octanol–water partition coefficient (Wildman–Crippen LogP) is 3.40. The molecule has 25 heavy (non-hydrogen) atoms. The van der Waals surface area contributed by atoms with Crippen LogP contribution in [0.5, 0.6) is 0 Å². The fraction of sp³-hybridized carbons (Fsp3) is 0.263. The molecule has 2 aromatic carbocycles. The van der Waals surface area contributed by atoms with E-state index in [1.807, 2.05) is 36.4 Å². The predicted molar refractivity (Wildman–Crippen MR) is 103 cm³/mol. The maximum absolute atomic E-state index is 12.5. The summed E-state index contributed by atoms with van der Waals surface area (Å²) in [5, 5.41) is 6.27. The Balaban J connectivity index is 1.71. The number of amides is 1. The minimum atomic E-state index is 0.0109. The van der Waals surface area contributed by atoms with Gasteiger partial charge in [-0.15, -0.1) is 0 Å². The summed E-state index contributed by atoms with van der Waals surface area (Å²) in [7, 11) is 0. The number of anilines is 1. The van der Waals surface area contributed by atoms with Gasteiger partial charge in [0.1, 0.15) is 0 Å². The average Bonchev–Trinajstić information content (AvgIpc) is 3.25. The van der Waals surface area contributed by atoms with Crippen molar-refractivity contribution in [3.8, 4) is 0 Å². The van der Waals surface area contributed by atoms with Crippen molar-refractivity contribution in [2.24, 2.45) is 5.92 Å². The molecule has 2 heterocycles. The highest BCUT2D eigenvalue weighted by Crippen LogP contribution is 2.25. The first kappa shape index (κ1) is 16.3. The number of fused-ring (bicyclic) bond motifs is 1. The minimum Gasteiger partial charge on any atom is -0.316 e. The van der Waals surface area contributed by atoms with Crippen LogP contribution in [0.3, 0.4) is 0 Å². The standard InChI is InChI=1S/C19H19BrN4O/c20-15-6-7-17-16(10-15)22-19(23-18(25)14-8-9-21-11-14)24(17)12-13-4-2-1-3-5-13/h1-7,10,14,21H,8-9,11-12H2,(H,22,23,25). The molecular formula is C19H19BrN4O. The van der Waals surface area contributed by atoms with Gasteiger partial charge in [-0.25, -0.2) is 4.98 Å². The van der Waals surface area contributed by atoms with E-state index < -0.39 is 0 Å². The molecule has 0 radical (unpaired) electrons. The molecule has 0 spiro atoms. The molecule has 1 unspecified atom stereocenters. The van der Waals surface area contributed by atoms with Crippen LogP contribution in [0.4, 0.5) is 5.95 Å². The first-order valence-electron chi connectivity index (χ1n) is 8.42. The monoisotopic (exact) mass is 398 g/mol. The van der Waals surface area contributed by atoms with E-state index in [0.29, 0.717) is 12.5 Å². The quantitative estimate of drug-likeness (QED) is 0.707. The Kier molecular flexibility index (Phi) is 4.55. The van der Waals surface area contributed by atoms with E-state index in [9.17, 15) is 4.79 Å². The molecule has 4 rings (SSSR count). The molecule has 1 aliphatic rings. The number of carbonyl (C=O) groups is 1. The SMILES string of the molecule is O=C(Nc1nc2cc(Br)ccc2n1Cc1ccccc1)C1CCNC1. The third kappa shape index (κ3) is 3.45. The molecule has 0 bridgehead atoms. The van der Waals surface area contributed by atoms with Crippen molar-refractivity contribution in [1.82, 2.24) is 14.9 Å². The van der Waals surface area contributed by atoms with E-state index in [2.05, 4.69) is 48.2 Å². The van der Waals surface area contributed by atoms with E-state index in [1.54, 1.807) is 0 Å². The molecule has 2 N–H and O–H groups in total. The molecule has 0 aliphatic carbocycles. The van der Waals surface area contributed by atoms with E-state index in [4.69, 9.17) is 0 Å². The Hall–Kier alpha value is -2.18. The van der Waals surface area contributed by atoms with Crippen LogP contribution in [0, 0.1) is 5.92 Å². The second-order valence-electron chi connectivity index (χ2n) is 6.32. The smallest absolute Gasteiger partial charge is 0.231 e. The molecule has 1 atom stereocenters. The second-order valence-corrected chi connectivity index (χ2v) is 7.23. The van der Waals surface area contributed by atoms with Crippen molar-refractivity contribution in [2.75, 3.05) is 18.4 Å². The number of hydrogen-bond acceptors (Lipinski definition) is 3. The molecule has 1 aromatic heterocycles. The highest BCUT2D eigenvalue weighted by atomic mass is 79.9. The lowest BCUT2D eigenvalue weighted by Crippen LogP contribution is -2.26. The lowest BCUT2D eigenvalue weighted by atomic mass is 10.1. The molecule has 3 aromatic rings. The van der Waals surface area contributed by atoms with Gasteiger partial charge < -0.3 is 9.88 Å². The highest BCUT2D eigenvalue weighted by molar-refractivity contribution is 9.10. The Bertz CT molecular complexity index is 900. The molecular weight excluding hydrogens is 380 g/mol. The molecule has 1 fully saturated rings. The van der Waals surface area contributed by atoms with E-state index >= 15 is 0 Å². The van der Waals surface area contributed by atoms with Crippen molar-refractivity contribution < 1.29 is 4.79 Å². The number of carbonyl (C=O) groups excluding carboxylic acids is 1. The third-order valence-corrected chi connectivity index (χ3v) is 5.05. The number of nitrogens with zero attached hydrogens (tertiary/aromatic N) is 2. The van der Waals surface area contributed by atoms with Crippen molar-refractivity contribution in [1.29, 1.82) is 0 Å². The number of nitrogens with one attached hydrogen (secondary N) is 2. The van der Waals surface area contributed by atoms with E-state index in [1.165, 1.54) is 5.56 Å². The van der Waals surface area contributed by atoms with E-state index in [0.717, 1.165) is 35.0 Å². The maximum Gasteiger partial charge on any atom is 0.231 e. The van der Waals surface area contributed by atoms with Crippen molar-refractivity contribution >= 4 is 38.8 Å². The molecule has 0 saturated carbocycles. The average molecular weight is 399 g/mol. The fourth-order valence-corrected chi connectivity index (χ4v) is 3.56. The molecule has 1 saturated heterocycles. The summed E-state index contributed by atoms with van der Waals surface area (Å²) in [4.78, 5) is 17.2. The Morgan fingerprint density at radius 3 is 2.88 bits per heavy atom. The minimum absolute atomic E-state index is 0.0109. The van der Waals surface area contributed by atoms with Gasteiger partial charge in [-0.3, -0.25) is 10.1 Å². The maximum atomic E-state index is 12.5. The van der Waals surface area contributed by atoms with Gasteiger partial charge in [0.05, 0.1) is 23.5 Å². The highest BCUT2D eigenvalue weighted by Gasteiger charge is 2.24. The van der Waals surface area contributed by atoms with Crippen LogP contribution in [-0.2, 0) is 11.3 Å². The third-order valence-electron chi connectivity index (χ3n) is 4.56. The van der Waals surface area contributed by atoms with Crippen LogP contribution in [-0.4, -0.2) is 28.5 Å². The zero-order chi connectivity index (χ0) is 17.2. The Morgan fingerprint density at radius 1 is 1.28 bits per heavy atom. The fourth-order valence-electron chi connectivity index (χ4n) is 3.22. The lowest BCUT2D eigenvalue weighted by Gasteiger charge is -2.12. The van der Waals surface area contributed by atoms with Gasteiger partial charge in [0.15, 0.2) is 0 Å². The molecule has 128 valence electrons. The van der Waals surface area contributed by atoms with Gasteiger partial charge in [0, 0.05) is 11.0 Å². The zero-order valence-corrected chi connectivity index (χ0v) is 15.3. The Labute approximate surface area is 154 Å². The summed E-state index contributed by atoms with van der Waals surface area (Å²) in [6, 6.07) is 16.2. The van der Waals surface area contributed by atoms with Crippen LogP contribution in [0.25, 0.3) is 11.0 Å². The van der Waals surface area contributed by atoms with Gasteiger partial charge in [-0.2, -0.15) is 0 Å². The van der Waals surface area contributed by atoms with Gasteiger partial charge >= 0.3 is 0 Å². The lowest BCUT2D eigenvalue weighted by molar-refractivity contribution is -0.119. The van der Waals surface area contributed by atoms with Crippen molar-refractivity contribution in [3.05, 3.63) is 58.6 Å². The van der Waals surface area contributed by atoms with Crippen LogP contribution in [0.2, 0.25) is 0 Å². The van der Waals surface area contributed by atoms with Gasteiger partial charge in [0.2, 0.25) is 11.9 Å². The van der Waals surface area contributed by atoms with Crippen LogP contribution < -0.4 is 10.6 Å². The van der Waals surface area contributed by atoms with E-state index in [-0.39, 0.29) is 11.8 Å². The summed E-state index contributed by atoms with van der Waals surface area (Å²) >= 11 is 3.49. The molecule has 6 heteroatoms. The summed E-state index contributed by atoms with van der Waals surface area (Å²) < 4.78 is 3.04. The number of hydrogen-bond donors (Lipinski definition) is 2. The second kappa shape index (κ2) is 6.98. The van der Waals surface area contributed by atoms with Crippen molar-refractivity contribution in [2.45, 2.75) is 13.0 Å². The van der Waals surface area contributed by atoms with Crippen LogP contribution in [0.1, 0.15) is 12.0 Å². The topological polar surface area (TPSA) is 59.0 Å². The Morgan fingerprint density at radius 2 is 2.12 bits per heavy atom. The van der Waals surface area contributed by atoms with Crippen LogP contribution >= 0.6 is 15.9 Å². The first-order chi connectivity index (χ1) is 12.2. The molecule has 1 aliphatic heterocycles. The zero-order valence-electron chi connectivity index (χ0n) is 13.7. The summed E-state index contributed by atoms with van der Waals surface area (Å²) in [6.07, 6.45) is 0.871.